The van der Waals surface area contributed by atoms with Crippen molar-refractivity contribution in [3.63, 3.8) is 0 Å². The van der Waals surface area contributed by atoms with Gasteiger partial charge in [-0.05, 0) is 34.9 Å². The molecule has 0 saturated carbocycles. The van der Waals surface area contributed by atoms with Crippen LogP contribution in [0.25, 0.3) is 0 Å². The summed E-state index contributed by atoms with van der Waals surface area (Å²) in [6, 6.07) is 0. The number of hydrogen-bond donors (Lipinski definition) is 2. The predicted octanol–water partition coefficient (Wildman–Crippen LogP) is 1.83. The summed E-state index contributed by atoms with van der Waals surface area (Å²) in [5.74, 6) is 0.418. The molecule has 0 unspecified atom stereocenters. The van der Waals surface area contributed by atoms with Crippen LogP contribution in [0.15, 0.2) is 4.99 Å². The fourth-order valence-corrected chi connectivity index (χ4v) is 1.08. The average Bonchev–Trinajstić information content (AvgIpc) is 2.24. The highest BCUT2D eigenvalue weighted by molar-refractivity contribution is 5.79. The molecule has 0 rings (SSSR count). The smallest absolute Gasteiger partial charge is 0.357 e. The maximum Gasteiger partial charge on any atom is 0.390 e. The van der Waals surface area contributed by atoms with Crippen LogP contribution >= 0.6 is 0 Å². The molecule has 0 bridgehead atoms. The molecule has 0 aliphatic heterocycles. The Morgan fingerprint density at radius 3 is 2.16 bits per heavy atom. The van der Waals surface area contributed by atoms with Crippen molar-refractivity contribution in [1.82, 2.24) is 15.5 Å². The van der Waals surface area contributed by atoms with E-state index in [1.54, 1.807) is 0 Å². The van der Waals surface area contributed by atoms with E-state index in [1.165, 1.54) is 0 Å². The molecule has 19 heavy (non-hydrogen) atoms. The Kier molecular flexibility index (Phi) is 7.18. The normalized spacial score (nSPS) is 13.8. The minimum Gasteiger partial charge on any atom is -0.357 e. The van der Waals surface area contributed by atoms with Crippen LogP contribution < -0.4 is 10.6 Å². The Morgan fingerprint density at radius 1 is 1.16 bits per heavy atom. The van der Waals surface area contributed by atoms with Gasteiger partial charge in [0.05, 0.1) is 13.0 Å². The molecular weight excluding hydrogens is 257 g/mol. The van der Waals surface area contributed by atoms with Gasteiger partial charge in [0.2, 0.25) is 0 Å². The number of nitrogens with zero attached hydrogens (tertiary/aromatic N) is 2. The van der Waals surface area contributed by atoms with Crippen molar-refractivity contribution in [2.45, 2.75) is 38.9 Å². The Labute approximate surface area is 113 Å². The van der Waals surface area contributed by atoms with Crippen LogP contribution in [0.4, 0.5) is 13.2 Å². The molecule has 0 amide bonds. The maximum absolute atomic E-state index is 12.1. The van der Waals surface area contributed by atoms with Crippen molar-refractivity contribution in [3.8, 4) is 0 Å². The highest BCUT2D eigenvalue weighted by Crippen LogP contribution is 2.18. The van der Waals surface area contributed by atoms with Gasteiger partial charge >= 0.3 is 6.18 Å². The Bertz CT molecular complexity index is 285. The Hall–Kier alpha value is -0.980. The summed E-state index contributed by atoms with van der Waals surface area (Å²) in [5.41, 5.74) is -0.146. The average molecular weight is 282 g/mol. The highest BCUT2D eigenvalue weighted by Gasteiger charge is 2.26. The second-order valence-corrected chi connectivity index (χ2v) is 5.19. The number of nitrogens with one attached hydrogen (secondary N) is 2. The van der Waals surface area contributed by atoms with Crippen LogP contribution in [-0.2, 0) is 0 Å². The Morgan fingerprint density at radius 2 is 1.74 bits per heavy atom. The number of halogens is 3. The SMILES string of the molecule is CCNC(=NCC(C)(C)N(C)C)NCCC(F)(F)F. The molecule has 0 radical (unpaired) electrons. The lowest BCUT2D eigenvalue weighted by Crippen LogP contribution is -2.44. The summed E-state index contributed by atoms with van der Waals surface area (Å²) >= 11 is 0. The molecule has 0 atom stereocenters. The topological polar surface area (TPSA) is 39.7 Å². The zero-order chi connectivity index (χ0) is 15.1. The summed E-state index contributed by atoms with van der Waals surface area (Å²) in [6.07, 6.45) is -5.01. The molecule has 0 aliphatic carbocycles. The van der Waals surface area contributed by atoms with Crippen molar-refractivity contribution in [2.24, 2.45) is 4.99 Å². The third-order valence-corrected chi connectivity index (χ3v) is 2.88. The Balaban J connectivity index is 4.39. The van der Waals surface area contributed by atoms with E-state index in [9.17, 15) is 13.2 Å². The largest absolute Gasteiger partial charge is 0.390 e. The molecular formula is C12H25F3N4. The van der Waals surface area contributed by atoms with Gasteiger partial charge in [-0.3, -0.25) is 4.99 Å². The van der Waals surface area contributed by atoms with Crippen LogP contribution in [0.2, 0.25) is 0 Å². The van der Waals surface area contributed by atoms with Crippen molar-refractivity contribution in [1.29, 1.82) is 0 Å². The zero-order valence-electron chi connectivity index (χ0n) is 12.4. The molecule has 0 aromatic carbocycles. The predicted molar refractivity (Wildman–Crippen MR) is 72.4 cm³/mol. The number of guanidine groups is 1. The standard InChI is InChI=1S/C12H25F3N4/c1-6-16-10(17-8-7-12(13,14)15)18-9-11(2,3)19(4)5/h6-9H2,1-5H3,(H2,16,17,18). The molecule has 0 saturated heterocycles. The number of hydrogen-bond acceptors (Lipinski definition) is 2. The van der Waals surface area contributed by atoms with E-state index in [2.05, 4.69) is 15.6 Å². The van der Waals surface area contributed by atoms with Gasteiger partial charge in [-0.1, -0.05) is 0 Å². The van der Waals surface area contributed by atoms with Crippen LogP contribution in [0.3, 0.4) is 0 Å². The van der Waals surface area contributed by atoms with Gasteiger partial charge in [0.1, 0.15) is 0 Å². The first-order chi connectivity index (χ1) is 8.58. The summed E-state index contributed by atoms with van der Waals surface area (Å²) in [4.78, 5) is 6.33. The van der Waals surface area contributed by atoms with Gasteiger partial charge in [-0.2, -0.15) is 13.2 Å². The molecule has 0 heterocycles. The summed E-state index contributed by atoms with van der Waals surface area (Å²) in [7, 11) is 3.89. The lowest BCUT2D eigenvalue weighted by atomic mass is 10.1. The monoisotopic (exact) mass is 282 g/mol. The lowest BCUT2D eigenvalue weighted by molar-refractivity contribution is -0.132. The molecule has 0 aliphatic rings. The van der Waals surface area contributed by atoms with Gasteiger partial charge in [-0.15, -0.1) is 0 Å². The maximum atomic E-state index is 12.1. The van der Waals surface area contributed by atoms with E-state index in [0.29, 0.717) is 19.0 Å². The second-order valence-electron chi connectivity index (χ2n) is 5.19. The number of likely N-dealkylation sites (N-methyl/N-ethyl adjacent to an activating group) is 1. The van der Waals surface area contributed by atoms with E-state index >= 15 is 0 Å². The summed E-state index contributed by atoms with van der Waals surface area (Å²) in [6.45, 7) is 6.86. The molecule has 0 fully saturated rings. The van der Waals surface area contributed by atoms with E-state index in [1.807, 2.05) is 39.8 Å². The number of rotatable bonds is 6. The number of alkyl halides is 3. The first-order valence-electron chi connectivity index (χ1n) is 6.35. The van der Waals surface area contributed by atoms with Crippen molar-refractivity contribution < 1.29 is 13.2 Å². The number of aliphatic imine (C=N–C) groups is 1. The van der Waals surface area contributed by atoms with E-state index in [-0.39, 0.29) is 12.1 Å². The molecule has 2 N–H and O–H groups in total. The third-order valence-electron chi connectivity index (χ3n) is 2.88. The quantitative estimate of drug-likeness (QED) is 0.577. The first-order valence-corrected chi connectivity index (χ1v) is 6.35. The van der Waals surface area contributed by atoms with Gasteiger partial charge in [0, 0.05) is 18.6 Å². The van der Waals surface area contributed by atoms with Crippen LogP contribution in [0, 0.1) is 0 Å². The van der Waals surface area contributed by atoms with E-state index in [0.717, 1.165) is 0 Å². The third kappa shape index (κ3) is 8.69. The minimum atomic E-state index is -4.15. The van der Waals surface area contributed by atoms with Crippen LogP contribution in [0.5, 0.6) is 0 Å². The molecule has 7 heteroatoms. The van der Waals surface area contributed by atoms with Crippen LogP contribution in [0.1, 0.15) is 27.2 Å². The molecule has 4 nitrogen and oxygen atoms in total. The van der Waals surface area contributed by atoms with Gasteiger partial charge in [0.15, 0.2) is 5.96 Å². The van der Waals surface area contributed by atoms with Crippen molar-refractivity contribution >= 4 is 5.96 Å². The molecule has 0 spiro atoms. The summed E-state index contributed by atoms with van der Waals surface area (Å²) < 4.78 is 36.2. The van der Waals surface area contributed by atoms with Crippen LogP contribution in [-0.4, -0.2) is 56.3 Å². The fraction of sp³-hybridized carbons (Fsp3) is 0.917. The van der Waals surface area contributed by atoms with Gasteiger partial charge < -0.3 is 15.5 Å². The fourth-order valence-electron chi connectivity index (χ4n) is 1.08. The molecule has 114 valence electrons. The minimum absolute atomic E-state index is 0.146. The van der Waals surface area contributed by atoms with Crippen molar-refractivity contribution in [2.75, 3.05) is 33.7 Å². The molecule has 0 aromatic heterocycles. The van der Waals surface area contributed by atoms with Gasteiger partial charge in [-0.25, -0.2) is 0 Å². The second kappa shape index (κ2) is 7.57. The first kappa shape index (κ1) is 18.0. The van der Waals surface area contributed by atoms with Crippen molar-refractivity contribution in [3.05, 3.63) is 0 Å². The molecule has 0 aromatic rings. The highest BCUT2D eigenvalue weighted by atomic mass is 19.4. The lowest BCUT2D eigenvalue weighted by Gasteiger charge is -2.31. The van der Waals surface area contributed by atoms with Gasteiger partial charge in [0.25, 0.3) is 0 Å². The van der Waals surface area contributed by atoms with E-state index in [4.69, 9.17) is 0 Å². The summed E-state index contributed by atoms with van der Waals surface area (Å²) in [5, 5.41) is 5.62. The zero-order valence-corrected chi connectivity index (χ0v) is 12.4. The van der Waals surface area contributed by atoms with E-state index < -0.39 is 12.6 Å².